The number of methoxy groups -OCH3 is 1. The molecular formula is C22H24N4O4. The number of aryl methyl sites for hydroxylation is 1. The Morgan fingerprint density at radius 2 is 1.83 bits per heavy atom. The standard InChI is InChI=1S/C22H24N4O4/c1-5-24(3)20(27)19-21(28)25(14-16-8-6-7-15(2)13-16)22(29)26(23-19)17-9-11-18(30-4)12-10-17/h6-13H,5,14H2,1-4H3. The summed E-state index contributed by atoms with van der Waals surface area (Å²) in [6.45, 7) is 4.16. The van der Waals surface area contributed by atoms with Crippen molar-refractivity contribution in [3.63, 3.8) is 0 Å². The molecule has 30 heavy (non-hydrogen) atoms. The van der Waals surface area contributed by atoms with Gasteiger partial charge in [-0.1, -0.05) is 29.8 Å². The van der Waals surface area contributed by atoms with Gasteiger partial charge in [0, 0.05) is 13.6 Å². The number of aromatic nitrogens is 3. The zero-order valence-electron chi connectivity index (χ0n) is 17.5. The van der Waals surface area contributed by atoms with Crippen molar-refractivity contribution in [3.8, 4) is 11.4 Å². The minimum absolute atomic E-state index is 0.0359. The van der Waals surface area contributed by atoms with Crippen LogP contribution in [0, 0.1) is 6.92 Å². The molecule has 8 heteroatoms. The summed E-state index contributed by atoms with van der Waals surface area (Å²) in [5, 5.41) is 4.13. The molecule has 1 amide bonds. The molecule has 0 spiro atoms. The van der Waals surface area contributed by atoms with E-state index in [4.69, 9.17) is 4.74 Å². The molecule has 0 unspecified atom stereocenters. The Kier molecular flexibility index (Phi) is 6.15. The fraction of sp³-hybridized carbons (Fsp3) is 0.273. The third kappa shape index (κ3) is 4.17. The number of benzene rings is 2. The van der Waals surface area contributed by atoms with Crippen LogP contribution in [0.1, 0.15) is 28.5 Å². The molecule has 0 atom stereocenters. The van der Waals surface area contributed by atoms with Gasteiger partial charge < -0.3 is 9.64 Å². The predicted octanol–water partition coefficient (Wildman–Crippen LogP) is 1.85. The third-order valence-corrected chi connectivity index (χ3v) is 4.82. The fourth-order valence-corrected chi connectivity index (χ4v) is 3.00. The maximum Gasteiger partial charge on any atom is 0.352 e. The van der Waals surface area contributed by atoms with Crippen LogP contribution in [-0.4, -0.2) is 45.9 Å². The molecule has 0 aliphatic heterocycles. The van der Waals surface area contributed by atoms with Crippen LogP contribution >= 0.6 is 0 Å². The van der Waals surface area contributed by atoms with Crippen molar-refractivity contribution in [3.05, 3.63) is 86.2 Å². The first kappa shape index (κ1) is 21.0. The summed E-state index contributed by atoms with van der Waals surface area (Å²) < 4.78 is 7.27. The van der Waals surface area contributed by atoms with E-state index in [2.05, 4.69) is 5.10 Å². The molecule has 3 aromatic rings. The maximum atomic E-state index is 13.2. The van der Waals surface area contributed by atoms with Crippen LogP contribution in [0.25, 0.3) is 5.69 Å². The monoisotopic (exact) mass is 408 g/mol. The van der Waals surface area contributed by atoms with Crippen molar-refractivity contribution in [1.29, 1.82) is 0 Å². The SMILES string of the molecule is CCN(C)C(=O)c1nn(-c2ccc(OC)cc2)c(=O)n(Cc2cccc(C)c2)c1=O. The number of hydrogen-bond donors (Lipinski definition) is 0. The Morgan fingerprint density at radius 3 is 2.43 bits per heavy atom. The second kappa shape index (κ2) is 8.77. The van der Waals surface area contributed by atoms with Crippen LogP contribution in [0.2, 0.25) is 0 Å². The first-order valence-electron chi connectivity index (χ1n) is 9.55. The zero-order valence-corrected chi connectivity index (χ0v) is 17.5. The normalized spacial score (nSPS) is 10.7. The van der Waals surface area contributed by atoms with Crippen LogP contribution < -0.4 is 16.0 Å². The molecule has 0 bridgehead atoms. The molecule has 0 saturated carbocycles. The van der Waals surface area contributed by atoms with E-state index in [0.717, 1.165) is 20.4 Å². The molecule has 1 heterocycles. The molecule has 1 aromatic heterocycles. The highest BCUT2D eigenvalue weighted by Gasteiger charge is 2.22. The highest BCUT2D eigenvalue weighted by atomic mass is 16.5. The summed E-state index contributed by atoms with van der Waals surface area (Å²) in [6.07, 6.45) is 0. The number of carbonyl (C=O) groups excluding carboxylic acids is 1. The number of hydrogen-bond acceptors (Lipinski definition) is 5. The molecule has 0 aliphatic carbocycles. The van der Waals surface area contributed by atoms with E-state index in [0.29, 0.717) is 18.0 Å². The van der Waals surface area contributed by atoms with E-state index < -0.39 is 17.2 Å². The molecular weight excluding hydrogens is 384 g/mol. The number of carbonyl (C=O) groups is 1. The van der Waals surface area contributed by atoms with Crippen LogP contribution in [0.4, 0.5) is 0 Å². The van der Waals surface area contributed by atoms with Gasteiger partial charge in [0.25, 0.3) is 11.5 Å². The summed E-state index contributed by atoms with van der Waals surface area (Å²) >= 11 is 0. The van der Waals surface area contributed by atoms with Gasteiger partial charge in [-0.15, -0.1) is 0 Å². The van der Waals surface area contributed by atoms with Crippen molar-refractivity contribution in [1.82, 2.24) is 19.2 Å². The average Bonchev–Trinajstić information content (AvgIpc) is 2.76. The van der Waals surface area contributed by atoms with Gasteiger partial charge in [-0.25, -0.2) is 4.79 Å². The van der Waals surface area contributed by atoms with Gasteiger partial charge in [-0.05, 0) is 43.7 Å². The first-order valence-corrected chi connectivity index (χ1v) is 9.55. The van der Waals surface area contributed by atoms with Gasteiger partial charge in [-0.2, -0.15) is 9.78 Å². The highest BCUT2D eigenvalue weighted by Crippen LogP contribution is 2.13. The Morgan fingerprint density at radius 1 is 1.13 bits per heavy atom. The number of amides is 1. The maximum absolute atomic E-state index is 13.2. The quantitative estimate of drug-likeness (QED) is 0.621. The lowest BCUT2D eigenvalue weighted by molar-refractivity contribution is 0.0791. The first-order chi connectivity index (χ1) is 14.3. The van der Waals surface area contributed by atoms with Crippen LogP contribution in [0.3, 0.4) is 0 Å². The Labute approximate surface area is 174 Å². The number of ether oxygens (including phenoxy) is 1. The lowest BCUT2D eigenvalue weighted by atomic mass is 10.1. The molecule has 2 aromatic carbocycles. The number of nitrogens with zero attached hydrogens (tertiary/aromatic N) is 4. The van der Waals surface area contributed by atoms with Crippen molar-refractivity contribution in [2.24, 2.45) is 0 Å². The third-order valence-electron chi connectivity index (χ3n) is 4.82. The van der Waals surface area contributed by atoms with E-state index in [9.17, 15) is 14.4 Å². The summed E-state index contributed by atoms with van der Waals surface area (Å²) in [7, 11) is 3.12. The van der Waals surface area contributed by atoms with E-state index >= 15 is 0 Å². The molecule has 0 N–H and O–H groups in total. The predicted molar refractivity (Wildman–Crippen MR) is 114 cm³/mol. The minimum atomic E-state index is -0.712. The van der Waals surface area contributed by atoms with Crippen LogP contribution in [0.5, 0.6) is 5.75 Å². The summed E-state index contributed by atoms with van der Waals surface area (Å²) in [6, 6.07) is 14.2. The largest absolute Gasteiger partial charge is 0.497 e. The van der Waals surface area contributed by atoms with Crippen molar-refractivity contribution < 1.29 is 9.53 Å². The second-order valence-corrected chi connectivity index (χ2v) is 6.94. The van der Waals surface area contributed by atoms with Gasteiger partial charge >= 0.3 is 5.69 Å². The lowest BCUT2D eigenvalue weighted by Crippen LogP contribution is -2.46. The van der Waals surface area contributed by atoms with Gasteiger partial charge in [0.15, 0.2) is 0 Å². The molecule has 156 valence electrons. The fourth-order valence-electron chi connectivity index (χ4n) is 3.00. The summed E-state index contributed by atoms with van der Waals surface area (Å²) in [5.41, 5.74) is 0.574. The molecule has 0 aliphatic rings. The number of rotatable bonds is 6. The van der Waals surface area contributed by atoms with Crippen molar-refractivity contribution in [2.45, 2.75) is 20.4 Å². The molecule has 0 fully saturated rings. The zero-order chi connectivity index (χ0) is 21.8. The summed E-state index contributed by atoms with van der Waals surface area (Å²) in [5.74, 6) is 0.0738. The highest BCUT2D eigenvalue weighted by molar-refractivity contribution is 5.91. The Balaban J connectivity index is 2.22. The minimum Gasteiger partial charge on any atom is -0.497 e. The smallest absolute Gasteiger partial charge is 0.352 e. The van der Waals surface area contributed by atoms with E-state index in [1.807, 2.05) is 31.2 Å². The molecule has 0 radical (unpaired) electrons. The van der Waals surface area contributed by atoms with Crippen molar-refractivity contribution >= 4 is 5.91 Å². The van der Waals surface area contributed by atoms with Gasteiger partial charge in [0.1, 0.15) is 5.75 Å². The Bertz CT molecular complexity index is 1180. The topological polar surface area (TPSA) is 86.4 Å². The van der Waals surface area contributed by atoms with Gasteiger partial charge in [0.2, 0.25) is 5.69 Å². The molecule has 8 nitrogen and oxygen atoms in total. The lowest BCUT2D eigenvalue weighted by Gasteiger charge is -2.16. The van der Waals surface area contributed by atoms with Gasteiger partial charge in [-0.3, -0.25) is 14.2 Å². The second-order valence-electron chi connectivity index (χ2n) is 6.94. The molecule has 0 saturated heterocycles. The van der Waals surface area contributed by atoms with Crippen LogP contribution in [0.15, 0.2) is 58.1 Å². The van der Waals surface area contributed by atoms with E-state index in [-0.39, 0.29) is 12.2 Å². The summed E-state index contributed by atoms with van der Waals surface area (Å²) in [4.78, 5) is 40.3. The van der Waals surface area contributed by atoms with E-state index in [1.165, 1.54) is 4.90 Å². The van der Waals surface area contributed by atoms with E-state index in [1.54, 1.807) is 45.3 Å². The molecule has 3 rings (SSSR count). The Hall–Kier alpha value is -3.68. The van der Waals surface area contributed by atoms with Gasteiger partial charge in [0.05, 0.1) is 19.3 Å². The van der Waals surface area contributed by atoms with Crippen LogP contribution in [-0.2, 0) is 6.54 Å². The average molecular weight is 408 g/mol. The van der Waals surface area contributed by atoms with Crippen molar-refractivity contribution in [2.75, 3.05) is 20.7 Å².